The van der Waals surface area contributed by atoms with Crippen LogP contribution in [0.5, 0.6) is 0 Å². The maximum atomic E-state index is 13.5. The van der Waals surface area contributed by atoms with Crippen LogP contribution >= 0.6 is 0 Å². The lowest BCUT2D eigenvalue weighted by molar-refractivity contribution is -0.220. The Labute approximate surface area is 866 Å². The Morgan fingerprint density at radius 3 is 0.662 bits per heavy atom. The molecule has 0 spiro atoms. The van der Waals surface area contributed by atoms with Gasteiger partial charge in [0.1, 0.15) is 22.4 Å². The molecule has 16 saturated carbocycles. The highest BCUT2D eigenvalue weighted by atomic mass is 16.6. The van der Waals surface area contributed by atoms with Gasteiger partial charge in [-0.25, -0.2) is 0 Å². The second-order valence-corrected chi connectivity index (χ2v) is 53.3. The molecule has 2 heterocycles. The number of esters is 8. The molecule has 32 nitrogen and oxygen atoms in total. The van der Waals surface area contributed by atoms with Crippen molar-refractivity contribution in [2.24, 2.45) is 170 Å². The molecular weight excluding hydrogens is 1870 g/mol. The molecule has 1 unspecified atom stereocenters. The van der Waals surface area contributed by atoms with Crippen molar-refractivity contribution in [3.8, 4) is 0 Å². The molecule has 16 aliphatic carbocycles. The zero-order chi connectivity index (χ0) is 110. The topological polar surface area (TPSA) is 531 Å². The van der Waals surface area contributed by atoms with Gasteiger partial charge in [-0.2, -0.15) is 0 Å². The predicted molar refractivity (Wildman–Crippen MR) is 545 cm³/mol. The standard InChI is InChI=1S/C25H38O6.2C19H30O4.C16H26O7.C11H16.2C8H14O4.C6H8O2.CH4.H2O/c1-22(2,20(27)30-24(5)7-8-29-19(26)14-24)23(3,4)21(28)31-25(6)17-10-15-9-16(12-17)13-18(25)11-15;2*1-17(2,15(20)21)18(3,4)16(22)23-19(5)13-7-11-6-12(9-13)10-14(19)8-11;1-13(2,9(17)18)15(5,6)11(21)23-12(22)16(7,8)14(3,4)10(19)20;1-7-10-3-8-2-9(5-10)6-11(7)4-8;2*1-7(2,5(9)10)8(3,4)6(11)12;1-5-2-3-8-6(7)4-5;;/h15-18H,7-14H2,1-6H3;2*11-14H,6-10H2,1-5H3,(H,20,21);1-8H3,(H,17,18)(H,19,20);8-11H,1-6H2;2*1-4H3,(H,9,10)(H,11,12);1-4H2;1H4;1H2/p+4. The molecule has 0 aromatic carbocycles. The molecule has 32 heteroatoms. The van der Waals surface area contributed by atoms with Gasteiger partial charge >= 0.3 is 101 Å². The Bertz CT molecular complexity index is 4510. The average Bonchev–Trinajstić information content (AvgIpc) is 0.730. The number of hydrogen-bond donors (Lipinski definition) is 8. The Morgan fingerprint density at radius 1 is 0.283 bits per heavy atom. The third-order valence-electron chi connectivity index (χ3n) is 40.7. The monoisotopic (exact) mass is 2060 g/mol. The van der Waals surface area contributed by atoms with Gasteiger partial charge in [0.2, 0.25) is 0 Å². The van der Waals surface area contributed by atoms with E-state index in [1.165, 1.54) is 207 Å². The second kappa shape index (κ2) is 44.4. The summed E-state index contributed by atoms with van der Waals surface area (Å²) in [6, 6.07) is 0. The third kappa shape index (κ3) is 25.2. The van der Waals surface area contributed by atoms with Crippen molar-refractivity contribution in [2.75, 3.05) is 13.2 Å². The minimum Gasteiger partial charge on any atom is -0.481 e. The molecule has 10 N–H and O–H groups in total. The van der Waals surface area contributed by atoms with Crippen LogP contribution in [-0.4, -0.2) is 177 Å². The summed E-state index contributed by atoms with van der Waals surface area (Å²) in [5.41, 5.74) is -17.2. The van der Waals surface area contributed by atoms with Gasteiger partial charge in [-0.1, -0.05) is 31.7 Å². The van der Waals surface area contributed by atoms with Crippen molar-refractivity contribution < 1.29 is 162 Å². The second-order valence-electron chi connectivity index (χ2n) is 53.3. The highest BCUT2D eigenvalue weighted by Crippen LogP contribution is 2.65. The molecule has 2 aliphatic heterocycles. The van der Waals surface area contributed by atoms with Crippen LogP contribution in [0.25, 0.3) is 0 Å². The summed E-state index contributed by atoms with van der Waals surface area (Å²) < 4.78 is 38.8. The Morgan fingerprint density at radius 2 is 0.469 bits per heavy atom. The fraction of sp³-hybridized carbons (Fsp3) is 0.823. The molecule has 18 rings (SSSR count). The van der Waals surface area contributed by atoms with Gasteiger partial charge < -0.3 is 79.5 Å². The minimum absolute atomic E-state index is 0. The third-order valence-corrected chi connectivity index (χ3v) is 40.7. The van der Waals surface area contributed by atoms with E-state index in [9.17, 15) is 97.1 Å². The highest BCUT2D eigenvalue weighted by molar-refractivity contribution is 5.97. The fourth-order valence-electron chi connectivity index (χ4n) is 23.6. The molecule has 1 atom stereocenters. The molecule has 0 radical (unpaired) electrons. The number of cyclic esters (lactones) is 2. The first-order chi connectivity index (χ1) is 64.6. The van der Waals surface area contributed by atoms with E-state index in [0.717, 1.165) is 96.9 Å². The molecule has 0 amide bonds. The van der Waals surface area contributed by atoms with Gasteiger partial charge in [-0.05, 0) is 445 Å². The van der Waals surface area contributed by atoms with Crippen molar-refractivity contribution in [2.45, 2.75) is 405 Å². The van der Waals surface area contributed by atoms with Crippen molar-refractivity contribution in [1.29, 1.82) is 0 Å². The van der Waals surface area contributed by atoms with Crippen LogP contribution in [0, 0.1) is 170 Å². The smallest absolute Gasteiger partial charge is 0.481 e. The highest BCUT2D eigenvalue weighted by Gasteiger charge is 2.66. The molecule has 18 fully saturated rings. The van der Waals surface area contributed by atoms with E-state index in [4.69, 9.17) is 48.8 Å². The van der Waals surface area contributed by atoms with Crippen LogP contribution in [0.2, 0.25) is 0 Å². The van der Waals surface area contributed by atoms with Gasteiger partial charge in [0, 0.05) is 12.8 Å². The number of carbonyl (C=O) groups is 16. The van der Waals surface area contributed by atoms with Gasteiger partial charge in [-0.3, -0.25) is 76.7 Å². The number of carboxylic acid groups (broad SMARTS) is 8. The zero-order valence-electron chi connectivity index (χ0n) is 96.5. The normalized spacial score (nSPS) is 30.4. The number of carbonyl (C=O) groups excluding carboxylic acids is 8. The van der Waals surface area contributed by atoms with Crippen LogP contribution in [0.15, 0.2) is 24.3 Å². The van der Waals surface area contributed by atoms with Crippen LogP contribution < -0.4 is 0 Å². The summed E-state index contributed by atoms with van der Waals surface area (Å²) in [6.07, 6.45) is 27.2. The van der Waals surface area contributed by atoms with E-state index < -0.39 is 164 Å². The molecule has 145 heavy (non-hydrogen) atoms. The summed E-state index contributed by atoms with van der Waals surface area (Å²) in [6.45, 7) is 59.1. The lowest BCUT2D eigenvalue weighted by Gasteiger charge is -2.59. The largest absolute Gasteiger partial charge is 1.00 e. The van der Waals surface area contributed by atoms with Gasteiger partial charge in [-0.15, -0.1) is 0 Å². The van der Waals surface area contributed by atoms with E-state index in [1.54, 1.807) is 102 Å². The van der Waals surface area contributed by atoms with Gasteiger partial charge in [0.15, 0.2) is 0 Å². The maximum Gasteiger partial charge on any atom is 1.00 e. The van der Waals surface area contributed by atoms with E-state index in [2.05, 4.69) is 38.7 Å². The van der Waals surface area contributed by atoms with Crippen molar-refractivity contribution in [1.82, 2.24) is 0 Å². The first-order valence-electron chi connectivity index (χ1n) is 51.8. The molecular formula is C113H186O32+4. The Hall–Kier alpha value is -8.84. The molecule has 826 valence electrons. The summed E-state index contributed by atoms with van der Waals surface area (Å²) in [4.78, 5) is 188. The summed E-state index contributed by atoms with van der Waals surface area (Å²) in [5.74, 6) is -1.25. The minimum atomic E-state index is -1.49. The van der Waals surface area contributed by atoms with Crippen LogP contribution in [0.4, 0.5) is 0 Å². The van der Waals surface area contributed by atoms with E-state index in [-0.39, 0.29) is 61.5 Å². The lowest BCUT2D eigenvalue weighted by atomic mass is 9.50. The number of allylic oxidation sites excluding steroid dienone is 1. The average molecular weight is 2060 g/mol. The van der Waals surface area contributed by atoms with E-state index in [1.807, 2.05) is 0 Å². The Balaban J connectivity index is 0.000000872. The van der Waals surface area contributed by atoms with Gasteiger partial charge in [0.25, 0.3) is 0 Å². The number of carboxylic acids is 8. The summed E-state index contributed by atoms with van der Waals surface area (Å²) >= 11 is 0. The van der Waals surface area contributed by atoms with E-state index in [0.29, 0.717) is 55.0 Å². The number of hydrogen-bond acceptors (Lipinski definition) is 23. The molecule has 2 saturated heterocycles. The van der Waals surface area contributed by atoms with Crippen LogP contribution in [-0.2, 0) is 110 Å². The Kier molecular flexibility index (Phi) is 38.7. The molecule has 0 aromatic heterocycles. The molecule has 0 aromatic rings. The molecule has 16 bridgehead atoms. The first-order valence-corrected chi connectivity index (χ1v) is 51.8. The zero-order valence-corrected chi connectivity index (χ0v) is 92.5. The van der Waals surface area contributed by atoms with Crippen molar-refractivity contribution in [3.63, 3.8) is 0 Å². The number of ether oxygens (including phenoxy) is 7. The lowest BCUT2D eigenvalue weighted by Crippen LogP contribution is -2.60. The van der Waals surface area contributed by atoms with Crippen molar-refractivity contribution in [3.05, 3.63) is 24.3 Å². The van der Waals surface area contributed by atoms with Gasteiger partial charge in [0.05, 0.1) is 102 Å². The SMILES string of the molecule is C.C=C1C2CC3CC(C2)CC1C3.C=C1CCOC(=O)C1.CC(C)(C(=O)O)C(C)(C)C(=O)O.CC(C)(C(=O)O)C(C)(C)C(=O)O.CC(C)(C(=O)O)C(C)(C)C(=O)OC(=O)C(C)(C)C(C)(C)C(=O)O.CC1(OC(=O)C(C)(C)C(C)(C)C(=O)O)C2CC3CC(C2)CC1C3.CC1(OC(=O)C(C)(C)C(C)(C)C(=O)O)C2CC3CC(C2)CC1C3.CC1(OC(=O)C(C)(C)C(C)(C)C(=O)OC2(C)C3CC4CC(C3)CC2C4)CCOC(=O)C1.O.[H+].[H+].[H+].[H+]. The molecule has 18 aliphatic rings. The van der Waals surface area contributed by atoms with Crippen molar-refractivity contribution >= 4 is 95.5 Å². The summed E-state index contributed by atoms with van der Waals surface area (Å²) in [7, 11) is 0. The first kappa shape index (κ1) is 127. The van der Waals surface area contributed by atoms with Crippen LogP contribution in [0.1, 0.15) is 389 Å². The van der Waals surface area contributed by atoms with E-state index >= 15 is 0 Å². The van der Waals surface area contributed by atoms with Crippen LogP contribution in [0.3, 0.4) is 0 Å². The number of aliphatic carboxylic acids is 8. The predicted octanol–water partition coefficient (Wildman–Crippen LogP) is 21.1. The maximum absolute atomic E-state index is 13.5. The quantitative estimate of drug-likeness (QED) is 0.0182. The number of rotatable bonds is 25. The summed E-state index contributed by atoms with van der Waals surface area (Å²) in [5, 5.41) is 72.5. The fourth-order valence-corrected chi connectivity index (χ4v) is 23.6.